The summed E-state index contributed by atoms with van der Waals surface area (Å²) in [6.45, 7) is 5.47. The first-order valence-electron chi connectivity index (χ1n) is 12.3. The second-order valence-electron chi connectivity index (χ2n) is 8.74. The number of rotatable bonds is 12. The van der Waals surface area contributed by atoms with Crippen molar-refractivity contribution in [3.8, 4) is 0 Å². The number of aryl methyl sites for hydroxylation is 1. The molecule has 38 heavy (non-hydrogen) atoms. The number of hydrogen-bond acceptors (Lipinski definition) is 4. The third-order valence-electron chi connectivity index (χ3n) is 5.85. The second-order valence-corrected chi connectivity index (χ2v) is 9.74. The van der Waals surface area contributed by atoms with Crippen LogP contribution >= 0.6 is 11.3 Å². The van der Waals surface area contributed by atoms with E-state index in [0.29, 0.717) is 32.7 Å². The van der Waals surface area contributed by atoms with Crippen molar-refractivity contribution < 1.29 is 27.5 Å². The smallest absolute Gasteiger partial charge is 0.382 e. The van der Waals surface area contributed by atoms with E-state index in [1.54, 1.807) is 16.2 Å². The van der Waals surface area contributed by atoms with Crippen molar-refractivity contribution in [3.05, 3.63) is 87.6 Å². The van der Waals surface area contributed by atoms with Gasteiger partial charge in [0.25, 0.3) is 0 Å². The number of halogens is 3. The van der Waals surface area contributed by atoms with Gasteiger partial charge in [0.1, 0.15) is 6.54 Å². The number of anilines is 1. The summed E-state index contributed by atoms with van der Waals surface area (Å²) < 4.78 is 44.8. The van der Waals surface area contributed by atoms with Gasteiger partial charge in [0.15, 0.2) is 0 Å². The van der Waals surface area contributed by atoms with Gasteiger partial charge >= 0.3 is 12.2 Å². The first kappa shape index (κ1) is 29.2. The fourth-order valence-corrected chi connectivity index (χ4v) is 4.69. The maximum absolute atomic E-state index is 13.6. The molecule has 2 aromatic carbocycles. The number of ether oxygens (including phenoxy) is 1. The van der Waals surface area contributed by atoms with Crippen molar-refractivity contribution in [2.75, 3.05) is 31.6 Å². The highest BCUT2D eigenvalue weighted by Crippen LogP contribution is 2.30. The highest BCUT2D eigenvalue weighted by Gasteiger charge is 2.31. The molecule has 6 nitrogen and oxygen atoms in total. The number of thiophene rings is 1. The van der Waals surface area contributed by atoms with Gasteiger partial charge in [-0.25, -0.2) is 4.79 Å². The summed E-state index contributed by atoms with van der Waals surface area (Å²) in [6.07, 6.45) is -4.06. The van der Waals surface area contributed by atoms with Crippen LogP contribution < -0.4 is 5.32 Å². The van der Waals surface area contributed by atoms with E-state index < -0.39 is 17.8 Å². The van der Waals surface area contributed by atoms with E-state index in [2.05, 4.69) is 5.32 Å². The fourth-order valence-electron chi connectivity index (χ4n) is 3.77. The molecule has 1 aromatic heterocycles. The van der Waals surface area contributed by atoms with Crippen LogP contribution in [0.25, 0.3) is 0 Å². The van der Waals surface area contributed by atoms with Crippen LogP contribution in [0.2, 0.25) is 0 Å². The van der Waals surface area contributed by atoms with Crippen LogP contribution in [0.5, 0.6) is 0 Å². The minimum Gasteiger partial charge on any atom is -0.382 e. The summed E-state index contributed by atoms with van der Waals surface area (Å²) in [6, 6.07) is 15.3. The molecule has 0 saturated heterocycles. The lowest BCUT2D eigenvalue weighted by Crippen LogP contribution is -2.44. The molecule has 0 fully saturated rings. The number of amides is 3. The molecular weight excluding hydrogens is 515 g/mol. The number of urea groups is 1. The van der Waals surface area contributed by atoms with Crippen LogP contribution in [0.1, 0.15) is 34.9 Å². The Balaban J connectivity index is 1.78. The van der Waals surface area contributed by atoms with Crippen LogP contribution in [0.15, 0.2) is 66.0 Å². The lowest BCUT2D eigenvalue weighted by Gasteiger charge is -2.28. The predicted molar refractivity (Wildman–Crippen MR) is 143 cm³/mol. The summed E-state index contributed by atoms with van der Waals surface area (Å²) in [5.41, 5.74) is 1.17. The minimum atomic E-state index is -4.54. The van der Waals surface area contributed by atoms with Gasteiger partial charge in [-0.3, -0.25) is 4.79 Å². The Hall–Kier alpha value is -3.37. The molecule has 3 aromatic rings. The number of nitrogens with zero attached hydrogens (tertiary/aromatic N) is 2. The van der Waals surface area contributed by atoms with Gasteiger partial charge in [0, 0.05) is 36.9 Å². The van der Waals surface area contributed by atoms with Gasteiger partial charge in [-0.05, 0) is 61.0 Å². The van der Waals surface area contributed by atoms with Crippen LogP contribution in [-0.4, -0.2) is 48.0 Å². The Bertz CT molecular complexity index is 1180. The average molecular weight is 548 g/mol. The molecule has 0 bridgehead atoms. The summed E-state index contributed by atoms with van der Waals surface area (Å²) in [7, 11) is 0. The lowest BCUT2D eigenvalue weighted by atomic mass is 10.2. The topological polar surface area (TPSA) is 61.9 Å². The largest absolute Gasteiger partial charge is 0.416 e. The highest BCUT2D eigenvalue weighted by molar-refractivity contribution is 7.10. The molecule has 1 N–H and O–H groups in total. The van der Waals surface area contributed by atoms with Gasteiger partial charge in [-0.1, -0.05) is 36.4 Å². The first-order valence-corrected chi connectivity index (χ1v) is 13.2. The number of carbonyl (C=O) groups is 2. The van der Waals surface area contributed by atoms with E-state index >= 15 is 0 Å². The van der Waals surface area contributed by atoms with Crippen LogP contribution in [0.4, 0.5) is 23.7 Å². The molecule has 204 valence electrons. The van der Waals surface area contributed by atoms with E-state index in [1.807, 2.05) is 55.6 Å². The summed E-state index contributed by atoms with van der Waals surface area (Å²) in [5.74, 6) is -0.266. The van der Waals surface area contributed by atoms with Crippen LogP contribution in [-0.2, 0) is 28.8 Å². The Morgan fingerprint density at radius 2 is 1.76 bits per heavy atom. The standard InChI is InChI=1S/C28H32F3N3O3S/c1-3-37-15-8-14-33(27(36)32-24-12-7-11-23(17-24)28(29,30)31)20-26(35)34(18-22-9-5-4-6-10-22)19-25-21(2)13-16-38-25/h4-7,9-13,16-17H,3,8,14-15,18-20H2,1-2H3,(H,32,36). The molecule has 3 amide bonds. The van der Waals surface area contributed by atoms with Crippen molar-refractivity contribution in [1.82, 2.24) is 9.80 Å². The predicted octanol–water partition coefficient (Wildman–Crippen LogP) is 6.56. The molecule has 3 rings (SSSR count). The zero-order valence-corrected chi connectivity index (χ0v) is 22.3. The van der Waals surface area contributed by atoms with Gasteiger partial charge in [-0.15, -0.1) is 11.3 Å². The Morgan fingerprint density at radius 3 is 2.42 bits per heavy atom. The SMILES string of the molecule is CCOCCCN(CC(=O)N(Cc1ccccc1)Cc1sccc1C)C(=O)Nc1cccc(C(F)(F)F)c1. The Labute approximate surface area is 225 Å². The zero-order valence-electron chi connectivity index (χ0n) is 21.5. The Morgan fingerprint density at radius 1 is 1.00 bits per heavy atom. The van der Waals surface area contributed by atoms with E-state index in [-0.39, 0.29) is 24.7 Å². The summed E-state index contributed by atoms with van der Waals surface area (Å²) >= 11 is 1.56. The van der Waals surface area contributed by atoms with Gasteiger partial charge < -0.3 is 19.9 Å². The lowest BCUT2D eigenvalue weighted by molar-refractivity contribution is -0.137. The number of nitrogens with one attached hydrogen (secondary N) is 1. The van der Waals surface area contributed by atoms with E-state index in [9.17, 15) is 22.8 Å². The van der Waals surface area contributed by atoms with E-state index in [0.717, 1.165) is 28.1 Å². The molecule has 1 heterocycles. The van der Waals surface area contributed by atoms with E-state index in [4.69, 9.17) is 4.74 Å². The number of hydrogen-bond donors (Lipinski definition) is 1. The van der Waals surface area contributed by atoms with Crippen molar-refractivity contribution >= 4 is 29.0 Å². The van der Waals surface area contributed by atoms with Crippen LogP contribution in [0.3, 0.4) is 0 Å². The molecule has 0 atom stereocenters. The second kappa shape index (κ2) is 14.0. The van der Waals surface area contributed by atoms with Crippen molar-refractivity contribution in [3.63, 3.8) is 0 Å². The van der Waals surface area contributed by atoms with Gasteiger partial charge in [0.05, 0.1) is 12.1 Å². The van der Waals surface area contributed by atoms with Crippen molar-refractivity contribution in [2.45, 2.75) is 39.5 Å². The van der Waals surface area contributed by atoms with Gasteiger partial charge in [-0.2, -0.15) is 13.2 Å². The molecule has 0 saturated carbocycles. The number of benzene rings is 2. The molecule has 0 radical (unpaired) electrons. The first-order chi connectivity index (χ1) is 18.2. The zero-order chi connectivity index (χ0) is 27.5. The highest BCUT2D eigenvalue weighted by atomic mass is 32.1. The summed E-state index contributed by atoms with van der Waals surface area (Å²) in [4.78, 5) is 30.8. The quantitative estimate of drug-likeness (QED) is 0.261. The molecule has 0 unspecified atom stereocenters. The van der Waals surface area contributed by atoms with E-state index in [1.165, 1.54) is 17.0 Å². The fraction of sp³-hybridized carbons (Fsp3) is 0.357. The third kappa shape index (κ3) is 8.88. The average Bonchev–Trinajstić information content (AvgIpc) is 3.29. The molecule has 0 aliphatic heterocycles. The monoisotopic (exact) mass is 547 g/mol. The molecule has 10 heteroatoms. The summed E-state index contributed by atoms with van der Waals surface area (Å²) in [5, 5.41) is 4.49. The number of carbonyl (C=O) groups excluding carboxylic acids is 2. The minimum absolute atomic E-state index is 0.00225. The van der Waals surface area contributed by atoms with Crippen molar-refractivity contribution in [1.29, 1.82) is 0 Å². The number of alkyl halides is 3. The van der Waals surface area contributed by atoms with Crippen LogP contribution in [0, 0.1) is 6.92 Å². The van der Waals surface area contributed by atoms with Crippen molar-refractivity contribution in [2.24, 2.45) is 0 Å². The normalized spacial score (nSPS) is 11.3. The molecular formula is C28H32F3N3O3S. The molecule has 0 aliphatic rings. The molecule has 0 spiro atoms. The maximum atomic E-state index is 13.6. The third-order valence-corrected chi connectivity index (χ3v) is 6.85. The molecule has 0 aliphatic carbocycles. The Kier molecular flexibility index (Phi) is 10.7. The van der Waals surface area contributed by atoms with Gasteiger partial charge in [0.2, 0.25) is 5.91 Å². The maximum Gasteiger partial charge on any atom is 0.416 e.